The minimum atomic E-state index is -4.10. The SMILES string of the molecule is NS(=O)(=O)c1cc(C(=O)O)c(Nc2ccccc2)cc1Cl. The third-order valence-corrected chi connectivity index (χ3v) is 4.04. The van der Waals surface area contributed by atoms with Gasteiger partial charge in [0.25, 0.3) is 0 Å². The summed E-state index contributed by atoms with van der Waals surface area (Å²) in [5.41, 5.74) is 0.567. The maximum absolute atomic E-state index is 11.4. The van der Waals surface area contributed by atoms with Crippen molar-refractivity contribution in [1.82, 2.24) is 0 Å². The van der Waals surface area contributed by atoms with Crippen LogP contribution >= 0.6 is 11.6 Å². The normalized spacial score (nSPS) is 11.1. The van der Waals surface area contributed by atoms with Crippen molar-refractivity contribution in [2.24, 2.45) is 5.14 Å². The van der Waals surface area contributed by atoms with Gasteiger partial charge in [0.05, 0.1) is 16.3 Å². The predicted octanol–water partition coefficient (Wildman–Crippen LogP) is 2.43. The molecule has 0 fully saturated rings. The molecule has 4 N–H and O–H groups in total. The Kier molecular flexibility index (Phi) is 4.17. The predicted molar refractivity (Wildman–Crippen MR) is 79.5 cm³/mol. The average molecular weight is 327 g/mol. The molecule has 21 heavy (non-hydrogen) atoms. The number of nitrogens with two attached hydrogens (primary N) is 1. The van der Waals surface area contributed by atoms with Gasteiger partial charge in [-0.25, -0.2) is 18.4 Å². The van der Waals surface area contributed by atoms with E-state index >= 15 is 0 Å². The van der Waals surface area contributed by atoms with E-state index in [0.717, 1.165) is 6.07 Å². The number of aromatic carboxylic acids is 1. The summed E-state index contributed by atoms with van der Waals surface area (Å²) in [6.45, 7) is 0. The van der Waals surface area contributed by atoms with Gasteiger partial charge >= 0.3 is 5.97 Å². The Morgan fingerprint density at radius 2 is 1.81 bits per heavy atom. The molecule has 0 saturated carbocycles. The molecule has 0 amide bonds. The molecule has 0 atom stereocenters. The fraction of sp³-hybridized carbons (Fsp3) is 0. The van der Waals surface area contributed by atoms with Crippen molar-refractivity contribution in [3.8, 4) is 0 Å². The Hall–Kier alpha value is -2.09. The zero-order valence-corrected chi connectivity index (χ0v) is 12.1. The van der Waals surface area contributed by atoms with Crippen molar-refractivity contribution < 1.29 is 18.3 Å². The van der Waals surface area contributed by atoms with Gasteiger partial charge in [0.1, 0.15) is 4.90 Å². The number of hydrogen-bond acceptors (Lipinski definition) is 4. The molecule has 0 aromatic heterocycles. The van der Waals surface area contributed by atoms with Gasteiger partial charge in [0, 0.05) is 5.69 Å². The lowest BCUT2D eigenvalue weighted by atomic mass is 10.1. The molecule has 0 spiro atoms. The minimum absolute atomic E-state index is 0.152. The molecule has 0 radical (unpaired) electrons. The number of para-hydroxylation sites is 1. The summed E-state index contributed by atoms with van der Waals surface area (Å²) in [6, 6.07) is 11.0. The summed E-state index contributed by atoms with van der Waals surface area (Å²) in [6.07, 6.45) is 0. The Morgan fingerprint density at radius 1 is 1.19 bits per heavy atom. The van der Waals surface area contributed by atoms with Crippen LogP contribution in [0.4, 0.5) is 11.4 Å². The van der Waals surface area contributed by atoms with Crippen LogP contribution in [0.25, 0.3) is 0 Å². The van der Waals surface area contributed by atoms with Gasteiger partial charge in [-0.05, 0) is 24.3 Å². The third kappa shape index (κ3) is 3.52. The molecule has 2 aromatic rings. The molecule has 2 aromatic carbocycles. The fourth-order valence-corrected chi connectivity index (χ4v) is 2.83. The molecule has 0 bridgehead atoms. The van der Waals surface area contributed by atoms with Crippen LogP contribution in [0.2, 0.25) is 5.02 Å². The second kappa shape index (κ2) is 5.72. The number of halogens is 1. The van der Waals surface area contributed by atoms with Crippen LogP contribution in [0.5, 0.6) is 0 Å². The number of primary sulfonamides is 1. The van der Waals surface area contributed by atoms with E-state index in [1.807, 2.05) is 0 Å². The highest BCUT2D eigenvalue weighted by molar-refractivity contribution is 7.89. The van der Waals surface area contributed by atoms with Crippen LogP contribution in [0.3, 0.4) is 0 Å². The van der Waals surface area contributed by atoms with Crippen LogP contribution < -0.4 is 10.5 Å². The molecular weight excluding hydrogens is 316 g/mol. The molecule has 110 valence electrons. The van der Waals surface area contributed by atoms with E-state index in [4.69, 9.17) is 16.7 Å². The first-order chi connectivity index (χ1) is 9.79. The number of nitrogens with one attached hydrogen (secondary N) is 1. The first-order valence-corrected chi connectivity index (χ1v) is 7.63. The van der Waals surface area contributed by atoms with E-state index in [-0.39, 0.29) is 16.3 Å². The Balaban J connectivity index is 2.56. The van der Waals surface area contributed by atoms with Crippen molar-refractivity contribution in [3.05, 3.63) is 53.1 Å². The second-order valence-electron chi connectivity index (χ2n) is 4.17. The van der Waals surface area contributed by atoms with Gasteiger partial charge in [-0.2, -0.15) is 0 Å². The number of hydrogen-bond donors (Lipinski definition) is 3. The molecule has 0 saturated heterocycles. The molecule has 8 heteroatoms. The monoisotopic (exact) mass is 326 g/mol. The van der Waals surface area contributed by atoms with Crippen LogP contribution in [0.15, 0.2) is 47.4 Å². The van der Waals surface area contributed by atoms with Crippen molar-refractivity contribution in [3.63, 3.8) is 0 Å². The quantitative estimate of drug-likeness (QED) is 0.799. The van der Waals surface area contributed by atoms with Gasteiger partial charge in [0.2, 0.25) is 10.0 Å². The highest BCUT2D eigenvalue weighted by Gasteiger charge is 2.20. The molecule has 6 nitrogen and oxygen atoms in total. The molecule has 2 rings (SSSR count). The highest BCUT2D eigenvalue weighted by Crippen LogP contribution is 2.30. The van der Waals surface area contributed by atoms with Crippen LogP contribution in [-0.4, -0.2) is 19.5 Å². The minimum Gasteiger partial charge on any atom is -0.478 e. The van der Waals surface area contributed by atoms with Gasteiger partial charge in [-0.1, -0.05) is 29.8 Å². The number of benzene rings is 2. The lowest BCUT2D eigenvalue weighted by Crippen LogP contribution is -2.14. The maximum Gasteiger partial charge on any atom is 0.337 e. The number of carboxylic acids is 1. The smallest absolute Gasteiger partial charge is 0.337 e. The number of anilines is 2. The standard InChI is InChI=1S/C13H11ClN2O4S/c14-10-7-11(16-8-4-2-1-3-5-8)9(13(17)18)6-12(10)21(15,19)20/h1-7,16H,(H,17,18)(H2,15,19,20). The van der Waals surface area contributed by atoms with Crippen molar-refractivity contribution in [2.75, 3.05) is 5.32 Å². The van der Waals surface area contributed by atoms with Crippen LogP contribution in [0.1, 0.15) is 10.4 Å². The van der Waals surface area contributed by atoms with Crippen molar-refractivity contribution in [2.45, 2.75) is 4.90 Å². The zero-order valence-electron chi connectivity index (χ0n) is 10.6. The van der Waals surface area contributed by atoms with Gasteiger partial charge in [-0.15, -0.1) is 0 Å². The first kappa shape index (κ1) is 15.3. The van der Waals surface area contributed by atoms with Crippen LogP contribution in [0, 0.1) is 0 Å². The van der Waals surface area contributed by atoms with E-state index in [9.17, 15) is 18.3 Å². The molecule has 0 aliphatic rings. The van der Waals surface area contributed by atoms with E-state index in [1.165, 1.54) is 6.07 Å². The molecule has 0 aliphatic heterocycles. The summed E-state index contributed by atoms with van der Waals surface area (Å²) >= 11 is 5.86. The Morgan fingerprint density at radius 3 is 2.33 bits per heavy atom. The van der Waals surface area contributed by atoms with Gasteiger partial charge in [0.15, 0.2) is 0 Å². The molecule has 0 heterocycles. The van der Waals surface area contributed by atoms with Gasteiger partial charge < -0.3 is 10.4 Å². The largest absolute Gasteiger partial charge is 0.478 e. The molecular formula is C13H11ClN2O4S. The van der Waals surface area contributed by atoms with Crippen molar-refractivity contribution in [1.29, 1.82) is 0 Å². The summed E-state index contributed by atoms with van der Waals surface area (Å²) in [5.74, 6) is -1.30. The number of carboxylic acid groups (broad SMARTS) is 1. The van der Waals surface area contributed by atoms with Crippen molar-refractivity contribution >= 4 is 39.0 Å². The van der Waals surface area contributed by atoms with E-state index in [1.54, 1.807) is 30.3 Å². The lowest BCUT2D eigenvalue weighted by Gasteiger charge is -2.12. The molecule has 0 aliphatic carbocycles. The highest BCUT2D eigenvalue weighted by atomic mass is 35.5. The summed E-state index contributed by atoms with van der Waals surface area (Å²) in [7, 11) is -4.10. The third-order valence-electron chi connectivity index (χ3n) is 2.66. The summed E-state index contributed by atoms with van der Waals surface area (Å²) < 4.78 is 22.8. The topological polar surface area (TPSA) is 109 Å². The van der Waals surface area contributed by atoms with E-state index in [0.29, 0.717) is 5.69 Å². The summed E-state index contributed by atoms with van der Waals surface area (Å²) in [4.78, 5) is 10.9. The lowest BCUT2D eigenvalue weighted by molar-refractivity contribution is 0.0697. The number of sulfonamides is 1. The van der Waals surface area contributed by atoms with Crippen LogP contribution in [-0.2, 0) is 10.0 Å². The van der Waals surface area contributed by atoms with E-state index in [2.05, 4.69) is 5.32 Å². The molecule has 0 unspecified atom stereocenters. The number of rotatable bonds is 4. The Bertz CT molecular complexity index is 791. The Labute approximate surface area is 126 Å². The van der Waals surface area contributed by atoms with Gasteiger partial charge in [-0.3, -0.25) is 0 Å². The summed E-state index contributed by atoms with van der Waals surface area (Å²) in [5, 5.41) is 16.9. The maximum atomic E-state index is 11.4. The zero-order chi connectivity index (χ0) is 15.6. The fourth-order valence-electron chi connectivity index (χ4n) is 1.73. The van der Waals surface area contributed by atoms with E-state index < -0.39 is 20.9 Å². The average Bonchev–Trinajstić information content (AvgIpc) is 2.38. The first-order valence-electron chi connectivity index (χ1n) is 5.71. The second-order valence-corrected chi connectivity index (χ2v) is 6.11. The number of carbonyl (C=O) groups is 1.